The number of methoxy groups -OCH3 is 1. The molecule has 0 aliphatic carbocycles. The molecule has 0 amide bonds. The average molecular weight is 689 g/mol. The molecule has 2 aliphatic heterocycles. The molecule has 1 unspecified atom stereocenters. The van der Waals surface area contributed by atoms with Crippen LogP contribution in [0, 0.1) is 5.82 Å². The Hall–Kier alpha value is -5.21. The molecule has 13 nitrogen and oxygen atoms in total. The number of fused-ring (bicyclic) bond motifs is 1. The lowest BCUT2D eigenvalue weighted by Gasteiger charge is -2.43. The van der Waals surface area contributed by atoms with Crippen molar-refractivity contribution in [3.63, 3.8) is 0 Å². The number of pyridine rings is 3. The molecule has 2 aliphatic rings. The summed E-state index contributed by atoms with van der Waals surface area (Å²) in [6.45, 7) is 2.22. The molecule has 0 radical (unpaired) electrons. The van der Waals surface area contributed by atoms with Crippen molar-refractivity contribution in [2.24, 2.45) is 0 Å². The van der Waals surface area contributed by atoms with Gasteiger partial charge in [-0.25, -0.2) is 14.2 Å². The lowest BCUT2D eigenvalue weighted by atomic mass is 10.00. The Kier molecular flexibility index (Phi) is 8.59. The number of H-pyrrole nitrogens is 1. The molecule has 2 N–H and O–H groups in total. The third-order valence-electron chi connectivity index (χ3n) is 9.35. The van der Waals surface area contributed by atoms with Gasteiger partial charge in [0.2, 0.25) is 17.2 Å². The van der Waals surface area contributed by atoms with Crippen LogP contribution < -0.4 is 24.7 Å². The van der Waals surface area contributed by atoms with Crippen LogP contribution in [0.1, 0.15) is 28.3 Å². The van der Waals surface area contributed by atoms with Crippen molar-refractivity contribution in [3.05, 3.63) is 93.4 Å². The maximum absolute atomic E-state index is 16.2. The highest BCUT2D eigenvalue weighted by molar-refractivity contribution is 6.31. The molecule has 0 saturated carbocycles. The van der Waals surface area contributed by atoms with E-state index in [0.29, 0.717) is 41.1 Å². The zero-order valence-corrected chi connectivity index (χ0v) is 27.8. The van der Waals surface area contributed by atoms with Gasteiger partial charge in [0, 0.05) is 55.4 Å². The van der Waals surface area contributed by atoms with E-state index in [0.717, 1.165) is 30.5 Å². The number of halogens is 2. The van der Waals surface area contributed by atoms with Crippen molar-refractivity contribution in [1.29, 1.82) is 0 Å². The number of carboxylic acids is 1. The molecule has 5 aromatic rings. The van der Waals surface area contributed by atoms with Gasteiger partial charge in [0.05, 0.1) is 42.4 Å². The normalized spacial score (nSPS) is 17.9. The van der Waals surface area contributed by atoms with Crippen molar-refractivity contribution < 1.29 is 23.8 Å². The van der Waals surface area contributed by atoms with Gasteiger partial charge in [0.1, 0.15) is 28.8 Å². The number of aromatic nitrogens is 5. The van der Waals surface area contributed by atoms with Crippen LogP contribution in [0.2, 0.25) is 5.02 Å². The van der Waals surface area contributed by atoms with Crippen molar-refractivity contribution in [2.75, 3.05) is 57.2 Å². The van der Waals surface area contributed by atoms with Gasteiger partial charge in [-0.1, -0.05) is 11.6 Å². The van der Waals surface area contributed by atoms with Crippen molar-refractivity contribution in [1.82, 2.24) is 29.6 Å². The number of hydrogen-bond donors (Lipinski definition) is 2. The number of rotatable bonds is 10. The van der Waals surface area contributed by atoms with Gasteiger partial charge in [-0.15, -0.1) is 0 Å². The highest BCUT2D eigenvalue weighted by Gasteiger charge is 2.36. The maximum atomic E-state index is 16.2. The van der Waals surface area contributed by atoms with E-state index < -0.39 is 22.8 Å². The molecule has 49 heavy (non-hydrogen) atoms. The predicted molar refractivity (Wildman–Crippen MR) is 182 cm³/mol. The first-order chi connectivity index (χ1) is 23.6. The number of hydrogen-bond acceptors (Lipinski definition) is 10. The summed E-state index contributed by atoms with van der Waals surface area (Å²) in [5.41, 5.74) is 0.791. The number of benzene rings is 1. The lowest BCUT2D eigenvalue weighted by molar-refractivity contribution is 0.0695. The van der Waals surface area contributed by atoms with Crippen molar-refractivity contribution >= 4 is 40.0 Å². The quantitative estimate of drug-likeness (QED) is 0.218. The number of nitrogens with one attached hydrogen (secondary N) is 1. The Bertz CT molecular complexity index is 2070. The second-order valence-corrected chi connectivity index (χ2v) is 12.9. The largest absolute Gasteiger partial charge is 0.481 e. The molecule has 0 spiro atoms. The first-order valence-corrected chi connectivity index (χ1v) is 16.1. The summed E-state index contributed by atoms with van der Waals surface area (Å²) in [5, 5.41) is 17.1. The van der Waals surface area contributed by atoms with Gasteiger partial charge in [0.15, 0.2) is 0 Å². The Balaban J connectivity index is 1.28. The van der Waals surface area contributed by atoms with E-state index in [1.807, 2.05) is 37.3 Å². The fourth-order valence-electron chi connectivity index (χ4n) is 6.49. The second kappa shape index (κ2) is 13.0. The van der Waals surface area contributed by atoms with Crippen LogP contribution in [-0.2, 0) is 0 Å². The number of carboxylic acid groups (broad SMARTS) is 1. The van der Waals surface area contributed by atoms with Crippen LogP contribution in [-0.4, -0.2) is 100 Å². The van der Waals surface area contributed by atoms with Gasteiger partial charge < -0.3 is 33.8 Å². The monoisotopic (exact) mass is 688 g/mol. The van der Waals surface area contributed by atoms with E-state index in [1.165, 1.54) is 13.3 Å². The van der Waals surface area contributed by atoms with Crippen LogP contribution in [0.4, 0.5) is 15.9 Å². The van der Waals surface area contributed by atoms with Crippen LogP contribution in [0.3, 0.4) is 0 Å². The van der Waals surface area contributed by atoms with E-state index in [1.54, 1.807) is 35.2 Å². The first kappa shape index (κ1) is 32.3. The van der Waals surface area contributed by atoms with Crippen molar-refractivity contribution in [2.45, 2.75) is 24.4 Å². The SMILES string of the molecule is COc1ccc(Cl)c(OC[C@H]2CC(c3cn[nH]c3)CN2c2cc3c(cc2F)c(=O)c(C(=O)O)cn3-c2ccc(N3CC(N(C)C)C3)nc2)n1. The Labute approximate surface area is 285 Å². The van der Waals surface area contributed by atoms with Gasteiger partial charge >= 0.3 is 5.97 Å². The minimum atomic E-state index is -1.41. The number of likely N-dealkylation sites (N-methyl/N-ethyl adjacent to an activating group) is 1. The minimum absolute atomic E-state index is 0.0156. The van der Waals surface area contributed by atoms with E-state index >= 15 is 4.39 Å². The Morgan fingerprint density at radius 1 is 1.16 bits per heavy atom. The standard InChI is InChI=1S/C34H34ClFN8O5/c1-41(2)23-15-42(16-23)30-6-4-21(13-37-30)44-17-25(34(46)47)32(45)24-9-27(36)29(10-28(24)44)43-14-19(20-11-38-39-12-20)8-22(43)18-49-33-26(35)5-7-31(40-33)48-3/h4-7,9-13,17,19,22-23H,8,14-16,18H2,1-3H3,(H,38,39)(H,46,47)/t19?,22-/m1/s1. The van der Waals surface area contributed by atoms with Crippen LogP contribution >= 0.6 is 11.6 Å². The fraction of sp³-hybridized carbons (Fsp3) is 0.324. The summed E-state index contributed by atoms with van der Waals surface area (Å²) in [6, 6.07) is 9.73. The minimum Gasteiger partial charge on any atom is -0.481 e. The molecule has 2 saturated heterocycles. The summed E-state index contributed by atoms with van der Waals surface area (Å²) in [6.07, 6.45) is 7.05. The summed E-state index contributed by atoms with van der Waals surface area (Å²) in [4.78, 5) is 40.7. The third kappa shape index (κ3) is 6.13. The van der Waals surface area contributed by atoms with Crippen molar-refractivity contribution in [3.8, 4) is 17.4 Å². The third-order valence-corrected chi connectivity index (χ3v) is 9.64. The summed E-state index contributed by atoms with van der Waals surface area (Å²) < 4.78 is 29.1. The number of aromatic amines is 1. The lowest BCUT2D eigenvalue weighted by Crippen LogP contribution is -2.57. The predicted octanol–water partition coefficient (Wildman–Crippen LogP) is 4.19. The Morgan fingerprint density at radius 2 is 1.98 bits per heavy atom. The maximum Gasteiger partial charge on any atom is 0.341 e. The number of carbonyl (C=O) groups is 1. The summed E-state index contributed by atoms with van der Waals surface area (Å²) in [7, 11) is 5.58. The van der Waals surface area contributed by atoms with Crippen LogP contribution in [0.25, 0.3) is 16.6 Å². The fourth-order valence-corrected chi connectivity index (χ4v) is 6.65. The smallest absolute Gasteiger partial charge is 0.341 e. The molecule has 4 aromatic heterocycles. The Morgan fingerprint density at radius 3 is 2.65 bits per heavy atom. The van der Waals surface area contributed by atoms with E-state index in [4.69, 9.17) is 21.1 Å². The molecular weight excluding hydrogens is 655 g/mol. The molecule has 0 bridgehead atoms. The topological polar surface area (TPSA) is 142 Å². The molecule has 2 atom stereocenters. The number of aromatic carboxylic acids is 1. The molecule has 7 rings (SSSR count). The molecule has 2 fully saturated rings. The average Bonchev–Trinajstić information content (AvgIpc) is 3.75. The number of nitrogens with zero attached hydrogens (tertiary/aromatic N) is 7. The number of ether oxygens (including phenoxy) is 2. The van der Waals surface area contributed by atoms with E-state index in [2.05, 4.69) is 30.0 Å². The second-order valence-electron chi connectivity index (χ2n) is 12.5. The molecule has 15 heteroatoms. The molecule has 1 aromatic carbocycles. The van der Waals surface area contributed by atoms with Gasteiger partial charge in [-0.05, 0) is 56.4 Å². The highest BCUT2D eigenvalue weighted by atomic mass is 35.5. The van der Waals surface area contributed by atoms with Gasteiger partial charge in [0.25, 0.3) is 0 Å². The number of anilines is 2. The van der Waals surface area contributed by atoms with Gasteiger partial charge in [-0.3, -0.25) is 9.89 Å². The van der Waals surface area contributed by atoms with Crippen LogP contribution in [0.5, 0.6) is 11.8 Å². The van der Waals surface area contributed by atoms with E-state index in [-0.39, 0.29) is 35.5 Å². The zero-order valence-electron chi connectivity index (χ0n) is 27.0. The molecule has 254 valence electrons. The first-order valence-electron chi connectivity index (χ1n) is 15.7. The zero-order chi connectivity index (χ0) is 34.4. The molecular formula is C34H34ClFN8O5. The summed E-state index contributed by atoms with van der Waals surface area (Å²) >= 11 is 6.36. The highest BCUT2D eigenvalue weighted by Crippen LogP contribution is 2.38. The summed E-state index contributed by atoms with van der Waals surface area (Å²) in [5.74, 6) is -0.784. The van der Waals surface area contributed by atoms with E-state index in [9.17, 15) is 14.7 Å². The van der Waals surface area contributed by atoms with Crippen LogP contribution in [0.15, 0.2) is 66.0 Å². The van der Waals surface area contributed by atoms with Gasteiger partial charge in [-0.2, -0.15) is 10.1 Å². The molecule has 6 heterocycles.